The van der Waals surface area contributed by atoms with Gasteiger partial charge in [0.15, 0.2) is 0 Å². The number of rotatable bonds is 5. The fourth-order valence-corrected chi connectivity index (χ4v) is 4.24. The number of alkyl halides is 3. The zero-order valence-electron chi connectivity index (χ0n) is 19.6. The molecular formula is C26H25F3N4O. The van der Waals surface area contributed by atoms with E-state index in [-0.39, 0.29) is 5.56 Å². The number of fused-ring (bicyclic) bond motifs is 1. The lowest BCUT2D eigenvalue weighted by molar-refractivity contribution is -0.138. The van der Waals surface area contributed by atoms with E-state index in [1.807, 2.05) is 38.1 Å². The molecule has 5 nitrogen and oxygen atoms in total. The average molecular weight is 467 g/mol. The smallest absolute Gasteiger partial charge is 0.416 e. The minimum atomic E-state index is -4.41. The van der Waals surface area contributed by atoms with Gasteiger partial charge in [-0.2, -0.15) is 13.2 Å². The normalized spacial score (nSPS) is 12.6. The highest BCUT2D eigenvalue weighted by Gasteiger charge is 2.33. The van der Waals surface area contributed by atoms with Gasteiger partial charge in [0.25, 0.3) is 0 Å². The van der Waals surface area contributed by atoms with Gasteiger partial charge in [0.2, 0.25) is 0 Å². The zero-order chi connectivity index (χ0) is 24.6. The van der Waals surface area contributed by atoms with Gasteiger partial charge < -0.3 is 10.1 Å². The predicted octanol–water partition coefficient (Wildman–Crippen LogP) is 6.82. The molecule has 0 unspecified atom stereocenters. The summed E-state index contributed by atoms with van der Waals surface area (Å²) in [5.41, 5.74) is 3.40. The molecule has 0 saturated heterocycles. The summed E-state index contributed by atoms with van der Waals surface area (Å²) in [4.78, 5) is 13.7. The Kier molecular flexibility index (Phi) is 6.17. The Morgan fingerprint density at radius 2 is 1.74 bits per heavy atom. The number of anilines is 1. The van der Waals surface area contributed by atoms with Crippen LogP contribution in [0.3, 0.4) is 0 Å². The highest BCUT2D eigenvalue weighted by Crippen LogP contribution is 2.36. The van der Waals surface area contributed by atoms with Crippen molar-refractivity contribution < 1.29 is 17.9 Å². The third kappa shape index (κ3) is 4.40. The fraction of sp³-hybridized carbons (Fsp3) is 0.269. The van der Waals surface area contributed by atoms with E-state index in [1.54, 1.807) is 26.3 Å². The summed E-state index contributed by atoms with van der Waals surface area (Å²) >= 11 is 0. The van der Waals surface area contributed by atoms with E-state index >= 15 is 0 Å². The second-order valence-corrected chi connectivity index (χ2v) is 8.24. The fourth-order valence-electron chi connectivity index (χ4n) is 4.24. The standard InChI is InChI=1S/C26H25F3N4O/c1-14-8-6-11-23(34-5)24(14)22-12-21-19(13-30-22)25(33-17(4)32-21)31-16(3)18-9-7-10-20(15(18)2)26(27,28)29/h6-13,16H,1-5H3,(H,31,32,33)/t16-/m1/s1. The lowest BCUT2D eigenvalue weighted by Gasteiger charge is -2.21. The molecule has 0 saturated carbocycles. The number of halogens is 3. The first kappa shape index (κ1) is 23.5. The number of benzene rings is 2. The zero-order valence-corrected chi connectivity index (χ0v) is 19.6. The molecule has 1 atom stereocenters. The summed E-state index contributed by atoms with van der Waals surface area (Å²) < 4.78 is 45.7. The molecule has 0 aliphatic carbocycles. The third-order valence-corrected chi connectivity index (χ3v) is 5.90. The molecule has 34 heavy (non-hydrogen) atoms. The molecule has 0 radical (unpaired) electrons. The molecule has 2 aromatic carbocycles. The van der Waals surface area contributed by atoms with E-state index in [1.165, 1.54) is 13.0 Å². The van der Waals surface area contributed by atoms with Crippen molar-refractivity contribution in [1.29, 1.82) is 0 Å². The Labute approximate surface area is 196 Å². The van der Waals surface area contributed by atoms with Crippen LogP contribution in [-0.2, 0) is 6.18 Å². The van der Waals surface area contributed by atoms with E-state index in [2.05, 4.69) is 20.3 Å². The first-order chi connectivity index (χ1) is 16.1. The molecule has 0 aliphatic rings. The Morgan fingerprint density at radius 1 is 1.00 bits per heavy atom. The van der Waals surface area contributed by atoms with Gasteiger partial charge in [0.05, 0.1) is 35.3 Å². The maximum Gasteiger partial charge on any atom is 0.416 e. The number of hydrogen-bond acceptors (Lipinski definition) is 5. The Morgan fingerprint density at radius 3 is 2.44 bits per heavy atom. The van der Waals surface area contributed by atoms with Gasteiger partial charge in [-0.3, -0.25) is 4.98 Å². The first-order valence-corrected chi connectivity index (χ1v) is 10.8. The van der Waals surface area contributed by atoms with Crippen LogP contribution in [0.15, 0.2) is 48.7 Å². The molecule has 1 N–H and O–H groups in total. The van der Waals surface area contributed by atoms with E-state index in [0.717, 1.165) is 17.2 Å². The topological polar surface area (TPSA) is 59.9 Å². The third-order valence-electron chi connectivity index (χ3n) is 5.90. The maximum absolute atomic E-state index is 13.4. The number of pyridine rings is 1. The van der Waals surface area contributed by atoms with Gasteiger partial charge in [0.1, 0.15) is 17.4 Å². The Bertz CT molecular complexity index is 1370. The van der Waals surface area contributed by atoms with Crippen LogP contribution >= 0.6 is 0 Å². The lowest BCUT2D eigenvalue weighted by Crippen LogP contribution is -2.14. The van der Waals surface area contributed by atoms with E-state index in [4.69, 9.17) is 4.74 Å². The van der Waals surface area contributed by atoms with Gasteiger partial charge in [-0.25, -0.2) is 9.97 Å². The molecule has 0 amide bonds. The summed E-state index contributed by atoms with van der Waals surface area (Å²) in [6.07, 6.45) is -2.72. The molecule has 8 heteroatoms. The van der Waals surface area contributed by atoms with Crippen molar-refractivity contribution in [3.63, 3.8) is 0 Å². The monoisotopic (exact) mass is 466 g/mol. The number of nitrogens with zero attached hydrogens (tertiary/aromatic N) is 3. The summed E-state index contributed by atoms with van der Waals surface area (Å²) in [5, 5.41) is 3.95. The highest BCUT2D eigenvalue weighted by molar-refractivity contribution is 5.91. The maximum atomic E-state index is 13.4. The van der Waals surface area contributed by atoms with Crippen molar-refractivity contribution in [2.24, 2.45) is 0 Å². The highest BCUT2D eigenvalue weighted by atomic mass is 19.4. The van der Waals surface area contributed by atoms with Crippen LogP contribution in [0, 0.1) is 20.8 Å². The van der Waals surface area contributed by atoms with Crippen molar-refractivity contribution in [1.82, 2.24) is 15.0 Å². The summed E-state index contributed by atoms with van der Waals surface area (Å²) in [6.45, 7) is 7.06. The van der Waals surface area contributed by atoms with Crippen molar-refractivity contribution in [2.45, 2.75) is 39.9 Å². The van der Waals surface area contributed by atoms with Crippen LogP contribution in [0.25, 0.3) is 22.2 Å². The second-order valence-electron chi connectivity index (χ2n) is 8.24. The van der Waals surface area contributed by atoms with Crippen LogP contribution in [0.5, 0.6) is 5.75 Å². The number of methoxy groups -OCH3 is 1. The van der Waals surface area contributed by atoms with Gasteiger partial charge in [-0.05, 0) is 62.6 Å². The summed E-state index contributed by atoms with van der Waals surface area (Å²) in [7, 11) is 1.62. The first-order valence-electron chi connectivity index (χ1n) is 10.8. The molecule has 176 valence electrons. The van der Waals surface area contributed by atoms with Gasteiger partial charge >= 0.3 is 6.18 Å². The Hall–Kier alpha value is -3.68. The SMILES string of the molecule is COc1cccc(C)c1-c1cc2nc(C)nc(N[C@H](C)c3cccc(C(F)(F)F)c3C)c2cn1. The number of nitrogens with one attached hydrogen (secondary N) is 1. The van der Waals surface area contributed by atoms with Crippen molar-refractivity contribution in [3.8, 4) is 17.0 Å². The molecular weight excluding hydrogens is 441 g/mol. The van der Waals surface area contributed by atoms with Crippen molar-refractivity contribution in [3.05, 3.63) is 76.7 Å². The van der Waals surface area contributed by atoms with Crippen LogP contribution < -0.4 is 10.1 Å². The van der Waals surface area contributed by atoms with Crippen molar-refractivity contribution >= 4 is 16.7 Å². The van der Waals surface area contributed by atoms with Crippen LogP contribution in [-0.4, -0.2) is 22.1 Å². The molecule has 4 aromatic rings. The quantitative estimate of drug-likeness (QED) is 0.350. The minimum absolute atomic E-state index is 0.192. The number of hydrogen-bond donors (Lipinski definition) is 1. The minimum Gasteiger partial charge on any atom is -0.496 e. The molecule has 0 aliphatic heterocycles. The van der Waals surface area contributed by atoms with Crippen LogP contribution in [0.2, 0.25) is 0 Å². The molecule has 4 rings (SSSR count). The molecule has 0 bridgehead atoms. The van der Waals surface area contributed by atoms with Crippen LogP contribution in [0.4, 0.5) is 19.0 Å². The lowest BCUT2D eigenvalue weighted by atomic mass is 9.97. The molecule has 2 aromatic heterocycles. The number of ether oxygens (including phenoxy) is 1. The van der Waals surface area contributed by atoms with E-state index < -0.39 is 17.8 Å². The van der Waals surface area contributed by atoms with E-state index in [0.29, 0.717) is 39.6 Å². The van der Waals surface area contributed by atoms with E-state index in [9.17, 15) is 13.2 Å². The molecule has 0 fully saturated rings. The largest absolute Gasteiger partial charge is 0.496 e. The second kappa shape index (κ2) is 8.93. The van der Waals surface area contributed by atoms with Gasteiger partial charge in [-0.1, -0.05) is 24.3 Å². The number of aromatic nitrogens is 3. The average Bonchev–Trinajstić information content (AvgIpc) is 2.77. The summed E-state index contributed by atoms with van der Waals surface area (Å²) in [5.74, 6) is 1.77. The molecule has 0 spiro atoms. The Balaban J connectivity index is 1.76. The van der Waals surface area contributed by atoms with Gasteiger partial charge in [-0.15, -0.1) is 0 Å². The molecule has 2 heterocycles. The van der Waals surface area contributed by atoms with Crippen molar-refractivity contribution in [2.75, 3.05) is 12.4 Å². The van der Waals surface area contributed by atoms with Crippen LogP contribution in [0.1, 0.15) is 41.0 Å². The predicted molar refractivity (Wildman–Crippen MR) is 127 cm³/mol. The summed E-state index contributed by atoms with van der Waals surface area (Å²) in [6, 6.07) is 11.5. The number of aryl methyl sites for hydroxylation is 2. The van der Waals surface area contributed by atoms with Gasteiger partial charge in [0, 0.05) is 11.8 Å².